The molecule has 0 saturated carbocycles. The van der Waals surface area contributed by atoms with Crippen molar-refractivity contribution < 1.29 is 4.79 Å². The number of halogens is 1. The molecule has 0 aliphatic carbocycles. The topological polar surface area (TPSA) is 66.9 Å². The summed E-state index contributed by atoms with van der Waals surface area (Å²) in [6, 6.07) is 7.14. The molecule has 6 heteroatoms. The first-order valence-corrected chi connectivity index (χ1v) is 7.46. The van der Waals surface area contributed by atoms with Crippen molar-refractivity contribution in [2.24, 2.45) is 0 Å². The van der Waals surface area contributed by atoms with Gasteiger partial charge in [0.2, 0.25) is 0 Å². The van der Waals surface area contributed by atoms with Crippen LogP contribution in [0.4, 0.5) is 11.6 Å². The molecule has 0 aromatic carbocycles. The first-order chi connectivity index (χ1) is 10.0. The number of aryl methyl sites for hydroxylation is 2. The molecule has 0 bridgehead atoms. The Morgan fingerprint density at radius 3 is 2.62 bits per heavy atom. The first-order valence-electron chi connectivity index (χ1n) is 6.66. The lowest BCUT2D eigenvalue weighted by Crippen LogP contribution is -2.14. The monoisotopic (exact) mass is 348 g/mol. The average Bonchev–Trinajstić information content (AvgIpc) is 2.50. The number of aromatic nitrogens is 2. The van der Waals surface area contributed by atoms with E-state index in [0.29, 0.717) is 17.2 Å². The van der Waals surface area contributed by atoms with Crippen LogP contribution in [0.2, 0.25) is 0 Å². The van der Waals surface area contributed by atoms with Crippen LogP contribution < -0.4 is 10.6 Å². The normalized spacial score (nSPS) is 10.3. The largest absolute Gasteiger partial charge is 0.373 e. The smallest absolute Gasteiger partial charge is 0.257 e. The van der Waals surface area contributed by atoms with E-state index in [1.54, 1.807) is 25.2 Å². The third kappa shape index (κ3) is 3.78. The van der Waals surface area contributed by atoms with Gasteiger partial charge in [0.05, 0.1) is 5.69 Å². The fourth-order valence-electron chi connectivity index (χ4n) is 1.83. The van der Waals surface area contributed by atoms with Crippen LogP contribution in [0.25, 0.3) is 0 Å². The molecule has 0 aliphatic rings. The lowest BCUT2D eigenvalue weighted by molar-refractivity contribution is 0.102. The van der Waals surface area contributed by atoms with Gasteiger partial charge in [-0.15, -0.1) is 0 Å². The molecule has 0 atom stereocenters. The van der Waals surface area contributed by atoms with Crippen molar-refractivity contribution in [2.75, 3.05) is 17.7 Å². The number of nitrogens with zero attached hydrogens (tertiary/aromatic N) is 2. The number of carbonyl (C=O) groups excluding carboxylic acids is 1. The number of amides is 1. The van der Waals surface area contributed by atoms with E-state index < -0.39 is 0 Å². The summed E-state index contributed by atoms with van der Waals surface area (Å²) in [5, 5.41) is 5.77. The van der Waals surface area contributed by atoms with Gasteiger partial charge in [-0.3, -0.25) is 4.79 Å². The number of pyridine rings is 2. The number of rotatable bonds is 4. The van der Waals surface area contributed by atoms with Gasteiger partial charge in [0.15, 0.2) is 0 Å². The Labute approximate surface area is 132 Å². The predicted octanol–water partition coefficient (Wildman–Crippen LogP) is 3.40. The van der Waals surface area contributed by atoms with E-state index in [2.05, 4.69) is 36.5 Å². The fraction of sp³-hybridized carbons (Fsp3) is 0.267. The SMILES string of the molecule is CCc1cc(C(=O)Nc2ccc(Br)c(C)n2)cc(NC)n1. The average molecular weight is 349 g/mol. The van der Waals surface area contributed by atoms with Gasteiger partial charge in [0, 0.05) is 22.8 Å². The van der Waals surface area contributed by atoms with E-state index in [1.165, 1.54) is 0 Å². The van der Waals surface area contributed by atoms with Gasteiger partial charge in [-0.25, -0.2) is 9.97 Å². The van der Waals surface area contributed by atoms with Crippen LogP contribution in [-0.4, -0.2) is 22.9 Å². The molecule has 0 unspecified atom stereocenters. The Morgan fingerprint density at radius 2 is 2.00 bits per heavy atom. The van der Waals surface area contributed by atoms with E-state index in [0.717, 1.165) is 22.3 Å². The third-order valence-electron chi connectivity index (χ3n) is 3.02. The Hall–Kier alpha value is -1.95. The molecule has 0 fully saturated rings. The Bertz CT molecular complexity index is 650. The van der Waals surface area contributed by atoms with Gasteiger partial charge >= 0.3 is 0 Å². The summed E-state index contributed by atoms with van der Waals surface area (Å²) >= 11 is 3.39. The molecule has 0 saturated heterocycles. The second kappa shape index (κ2) is 6.67. The Kier molecular flexibility index (Phi) is 4.90. The van der Waals surface area contributed by atoms with Crippen LogP contribution in [0, 0.1) is 6.92 Å². The quantitative estimate of drug-likeness (QED) is 0.888. The number of carbonyl (C=O) groups is 1. The zero-order valence-electron chi connectivity index (χ0n) is 12.2. The first kappa shape index (κ1) is 15.4. The minimum Gasteiger partial charge on any atom is -0.373 e. The van der Waals surface area contributed by atoms with E-state index in [-0.39, 0.29) is 5.91 Å². The zero-order chi connectivity index (χ0) is 15.4. The highest BCUT2D eigenvalue weighted by Crippen LogP contribution is 2.17. The fourth-order valence-corrected chi connectivity index (χ4v) is 2.05. The molecule has 2 heterocycles. The van der Waals surface area contributed by atoms with Crippen molar-refractivity contribution in [3.05, 3.63) is 45.7 Å². The minimum atomic E-state index is -0.196. The van der Waals surface area contributed by atoms with Crippen molar-refractivity contribution >= 4 is 33.5 Å². The zero-order valence-corrected chi connectivity index (χ0v) is 13.8. The maximum atomic E-state index is 12.3. The number of hydrogen-bond acceptors (Lipinski definition) is 4. The van der Waals surface area contributed by atoms with Crippen molar-refractivity contribution in [3.63, 3.8) is 0 Å². The molecule has 0 radical (unpaired) electrons. The second-order valence-corrected chi connectivity index (χ2v) is 5.41. The highest BCUT2D eigenvalue weighted by atomic mass is 79.9. The highest BCUT2D eigenvalue weighted by molar-refractivity contribution is 9.10. The van der Waals surface area contributed by atoms with Crippen LogP contribution in [0.5, 0.6) is 0 Å². The van der Waals surface area contributed by atoms with Gasteiger partial charge in [-0.05, 0) is 53.5 Å². The van der Waals surface area contributed by atoms with E-state index >= 15 is 0 Å². The maximum Gasteiger partial charge on any atom is 0.257 e. The number of nitrogens with one attached hydrogen (secondary N) is 2. The van der Waals surface area contributed by atoms with Crippen molar-refractivity contribution in [1.82, 2.24) is 9.97 Å². The van der Waals surface area contributed by atoms with Crippen LogP contribution in [-0.2, 0) is 6.42 Å². The molecule has 2 rings (SSSR count). The van der Waals surface area contributed by atoms with E-state index in [1.807, 2.05) is 19.9 Å². The lowest BCUT2D eigenvalue weighted by Gasteiger charge is -2.09. The van der Waals surface area contributed by atoms with Gasteiger partial charge < -0.3 is 10.6 Å². The summed E-state index contributed by atoms with van der Waals surface area (Å²) in [7, 11) is 1.78. The maximum absolute atomic E-state index is 12.3. The van der Waals surface area contributed by atoms with Crippen LogP contribution in [0.15, 0.2) is 28.7 Å². The molecular weight excluding hydrogens is 332 g/mol. The molecular formula is C15H17BrN4O. The minimum absolute atomic E-state index is 0.196. The molecule has 2 N–H and O–H groups in total. The van der Waals surface area contributed by atoms with Crippen LogP contribution in [0.1, 0.15) is 28.7 Å². The number of hydrogen-bond donors (Lipinski definition) is 2. The van der Waals surface area contributed by atoms with Gasteiger partial charge in [0.25, 0.3) is 5.91 Å². The molecule has 2 aromatic heterocycles. The summed E-state index contributed by atoms with van der Waals surface area (Å²) < 4.78 is 0.912. The molecule has 110 valence electrons. The van der Waals surface area contributed by atoms with Crippen LogP contribution >= 0.6 is 15.9 Å². The second-order valence-electron chi connectivity index (χ2n) is 4.55. The van der Waals surface area contributed by atoms with Crippen molar-refractivity contribution in [2.45, 2.75) is 20.3 Å². The number of anilines is 2. The molecule has 1 amide bonds. The van der Waals surface area contributed by atoms with E-state index in [9.17, 15) is 4.79 Å². The van der Waals surface area contributed by atoms with Crippen molar-refractivity contribution in [1.29, 1.82) is 0 Å². The standard InChI is InChI=1S/C15H17BrN4O/c1-4-11-7-10(8-14(17-3)19-11)15(21)20-13-6-5-12(16)9(2)18-13/h5-8H,4H2,1-3H3,(H,17,19)(H,18,20,21). The molecule has 2 aromatic rings. The van der Waals surface area contributed by atoms with E-state index in [4.69, 9.17) is 0 Å². The Morgan fingerprint density at radius 1 is 1.24 bits per heavy atom. The molecule has 0 aliphatic heterocycles. The summed E-state index contributed by atoms with van der Waals surface area (Å²) in [6.07, 6.45) is 0.769. The molecule has 21 heavy (non-hydrogen) atoms. The van der Waals surface area contributed by atoms with Gasteiger partial charge in [-0.2, -0.15) is 0 Å². The Balaban J connectivity index is 2.25. The molecule has 0 spiro atoms. The summed E-state index contributed by atoms with van der Waals surface area (Å²) in [5.41, 5.74) is 2.26. The van der Waals surface area contributed by atoms with Crippen molar-refractivity contribution in [3.8, 4) is 0 Å². The van der Waals surface area contributed by atoms with Gasteiger partial charge in [0.1, 0.15) is 11.6 Å². The van der Waals surface area contributed by atoms with Crippen LogP contribution in [0.3, 0.4) is 0 Å². The third-order valence-corrected chi connectivity index (χ3v) is 3.86. The van der Waals surface area contributed by atoms with Gasteiger partial charge in [-0.1, -0.05) is 6.92 Å². The molecule has 5 nitrogen and oxygen atoms in total. The highest BCUT2D eigenvalue weighted by Gasteiger charge is 2.10. The summed E-state index contributed by atoms with van der Waals surface area (Å²) in [5.74, 6) is 1.01. The predicted molar refractivity (Wildman–Crippen MR) is 87.8 cm³/mol. The summed E-state index contributed by atoms with van der Waals surface area (Å²) in [4.78, 5) is 21.0. The lowest BCUT2D eigenvalue weighted by atomic mass is 10.2. The summed E-state index contributed by atoms with van der Waals surface area (Å²) in [6.45, 7) is 3.88.